The van der Waals surface area contributed by atoms with E-state index in [1.54, 1.807) is 0 Å². The van der Waals surface area contributed by atoms with Crippen LogP contribution in [0.5, 0.6) is 0 Å². The van der Waals surface area contributed by atoms with E-state index in [-0.39, 0.29) is 0 Å². The number of rotatable bonds is 4. The first-order chi connectivity index (χ1) is 9.33. The molecule has 6 nitrogen and oxygen atoms in total. The van der Waals surface area contributed by atoms with Crippen molar-refractivity contribution in [3.05, 3.63) is 48.1 Å². The minimum absolute atomic E-state index is 0.525. The number of nitrogens with zero attached hydrogens (tertiary/aromatic N) is 3. The van der Waals surface area contributed by atoms with Crippen LogP contribution in [-0.4, -0.2) is 20.4 Å². The van der Waals surface area contributed by atoms with Crippen LogP contribution in [0.3, 0.4) is 0 Å². The molecule has 19 heavy (non-hydrogen) atoms. The zero-order valence-corrected chi connectivity index (χ0v) is 10.4. The SMILES string of the molecule is Cc1[nH]ncc1CNc1ccc(-c2nnco2)cc1. The van der Waals surface area contributed by atoms with E-state index < -0.39 is 0 Å². The van der Waals surface area contributed by atoms with Gasteiger partial charge in [0.25, 0.3) is 0 Å². The van der Waals surface area contributed by atoms with Gasteiger partial charge in [0.05, 0.1) is 6.20 Å². The van der Waals surface area contributed by atoms with Crippen molar-refractivity contribution < 1.29 is 4.42 Å². The fourth-order valence-corrected chi connectivity index (χ4v) is 1.78. The highest BCUT2D eigenvalue weighted by Crippen LogP contribution is 2.19. The summed E-state index contributed by atoms with van der Waals surface area (Å²) in [5.41, 5.74) is 4.17. The Labute approximate surface area is 109 Å². The van der Waals surface area contributed by atoms with Crippen molar-refractivity contribution in [2.75, 3.05) is 5.32 Å². The fourth-order valence-electron chi connectivity index (χ4n) is 1.78. The normalized spacial score (nSPS) is 10.6. The Morgan fingerprint density at radius 2 is 2.11 bits per heavy atom. The summed E-state index contributed by atoms with van der Waals surface area (Å²) in [5, 5.41) is 17.8. The van der Waals surface area contributed by atoms with Crippen LogP contribution in [-0.2, 0) is 6.54 Å². The molecule has 6 heteroatoms. The molecular weight excluding hydrogens is 242 g/mol. The topological polar surface area (TPSA) is 79.6 Å². The van der Waals surface area contributed by atoms with Gasteiger partial charge >= 0.3 is 0 Å². The third-order valence-corrected chi connectivity index (χ3v) is 2.91. The van der Waals surface area contributed by atoms with Gasteiger partial charge in [-0.2, -0.15) is 5.10 Å². The lowest BCUT2D eigenvalue weighted by atomic mass is 10.2. The van der Waals surface area contributed by atoms with Gasteiger partial charge in [0, 0.05) is 29.1 Å². The van der Waals surface area contributed by atoms with Gasteiger partial charge < -0.3 is 9.73 Å². The van der Waals surface area contributed by atoms with Crippen LogP contribution in [0.25, 0.3) is 11.5 Å². The molecule has 0 spiro atoms. The molecule has 0 fully saturated rings. The Morgan fingerprint density at radius 3 is 2.74 bits per heavy atom. The fraction of sp³-hybridized carbons (Fsp3) is 0.154. The molecule has 0 aliphatic rings. The monoisotopic (exact) mass is 255 g/mol. The minimum atomic E-state index is 0.525. The van der Waals surface area contributed by atoms with Crippen LogP contribution < -0.4 is 5.32 Å². The van der Waals surface area contributed by atoms with E-state index in [0.717, 1.165) is 29.1 Å². The zero-order chi connectivity index (χ0) is 13.1. The minimum Gasteiger partial charge on any atom is -0.423 e. The van der Waals surface area contributed by atoms with E-state index in [0.29, 0.717) is 5.89 Å². The predicted molar refractivity (Wildman–Crippen MR) is 70.4 cm³/mol. The molecule has 0 saturated heterocycles. The van der Waals surface area contributed by atoms with E-state index in [4.69, 9.17) is 4.42 Å². The molecule has 3 rings (SSSR count). The zero-order valence-electron chi connectivity index (χ0n) is 10.4. The van der Waals surface area contributed by atoms with Crippen molar-refractivity contribution in [2.45, 2.75) is 13.5 Å². The number of anilines is 1. The first-order valence-electron chi connectivity index (χ1n) is 5.92. The summed E-state index contributed by atoms with van der Waals surface area (Å²) in [4.78, 5) is 0. The smallest absolute Gasteiger partial charge is 0.247 e. The van der Waals surface area contributed by atoms with Crippen LogP contribution in [0.15, 0.2) is 41.3 Å². The number of aromatic amines is 1. The van der Waals surface area contributed by atoms with E-state index in [1.165, 1.54) is 6.39 Å². The highest BCUT2D eigenvalue weighted by molar-refractivity contribution is 5.58. The van der Waals surface area contributed by atoms with Crippen LogP contribution in [0.1, 0.15) is 11.3 Å². The Balaban J connectivity index is 1.68. The third-order valence-electron chi connectivity index (χ3n) is 2.91. The van der Waals surface area contributed by atoms with E-state index >= 15 is 0 Å². The second kappa shape index (κ2) is 4.93. The maximum Gasteiger partial charge on any atom is 0.247 e. The van der Waals surface area contributed by atoms with Crippen LogP contribution in [0.2, 0.25) is 0 Å². The summed E-state index contributed by atoms with van der Waals surface area (Å²) in [6, 6.07) is 7.85. The molecule has 0 unspecified atom stereocenters. The number of aryl methyl sites for hydroxylation is 1. The highest BCUT2D eigenvalue weighted by Gasteiger charge is 2.03. The van der Waals surface area contributed by atoms with Crippen molar-refractivity contribution >= 4 is 5.69 Å². The molecule has 0 radical (unpaired) electrons. The van der Waals surface area contributed by atoms with Crippen LogP contribution >= 0.6 is 0 Å². The molecule has 0 saturated carbocycles. The number of hydrogen-bond donors (Lipinski definition) is 2. The van der Waals surface area contributed by atoms with Crippen LogP contribution in [0.4, 0.5) is 5.69 Å². The Kier molecular flexibility index (Phi) is 2.97. The molecule has 2 aromatic heterocycles. The van der Waals surface area contributed by atoms with Crippen molar-refractivity contribution in [3.8, 4) is 11.5 Å². The molecule has 96 valence electrons. The molecule has 0 amide bonds. The number of hydrogen-bond acceptors (Lipinski definition) is 5. The Hall–Kier alpha value is -2.63. The molecule has 0 atom stereocenters. The van der Waals surface area contributed by atoms with E-state index in [2.05, 4.69) is 25.7 Å². The molecular formula is C13H13N5O. The summed E-state index contributed by atoms with van der Waals surface area (Å²) >= 11 is 0. The van der Waals surface area contributed by atoms with Gasteiger partial charge in [0.15, 0.2) is 0 Å². The van der Waals surface area contributed by atoms with Gasteiger partial charge in [-0.3, -0.25) is 5.10 Å². The lowest BCUT2D eigenvalue weighted by Crippen LogP contribution is -1.99. The summed E-state index contributed by atoms with van der Waals surface area (Å²) < 4.78 is 5.14. The molecule has 1 aromatic carbocycles. The maximum absolute atomic E-state index is 5.14. The first-order valence-corrected chi connectivity index (χ1v) is 5.92. The number of aromatic nitrogens is 4. The second-order valence-corrected chi connectivity index (χ2v) is 4.20. The Bertz CT molecular complexity index is 642. The van der Waals surface area contributed by atoms with Gasteiger partial charge in [-0.25, -0.2) is 0 Å². The van der Waals surface area contributed by atoms with Gasteiger partial charge in [-0.05, 0) is 31.2 Å². The average Bonchev–Trinajstić information content (AvgIpc) is 3.09. The van der Waals surface area contributed by atoms with Gasteiger partial charge in [0.1, 0.15) is 0 Å². The first kappa shape index (κ1) is 11.5. The molecule has 0 aliphatic carbocycles. The maximum atomic E-state index is 5.14. The summed E-state index contributed by atoms with van der Waals surface area (Å²) in [6.07, 6.45) is 3.15. The molecule has 2 N–H and O–H groups in total. The quantitative estimate of drug-likeness (QED) is 0.748. The van der Waals surface area contributed by atoms with E-state index in [9.17, 15) is 0 Å². The lowest BCUT2D eigenvalue weighted by molar-refractivity contribution is 0.568. The van der Waals surface area contributed by atoms with Crippen molar-refractivity contribution in [3.63, 3.8) is 0 Å². The predicted octanol–water partition coefficient (Wildman–Crippen LogP) is 2.38. The average molecular weight is 255 g/mol. The third kappa shape index (κ3) is 2.47. The van der Waals surface area contributed by atoms with Gasteiger partial charge in [0.2, 0.25) is 12.3 Å². The number of nitrogens with one attached hydrogen (secondary N) is 2. The molecule has 2 heterocycles. The molecule has 3 aromatic rings. The van der Waals surface area contributed by atoms with Crippen molar-refractivity contribution in [1.82, 2.24) is 20.4 Å². The summed E-state index contributed by atoms with van der Waals surface area (Å²) in [7, 11) is 0. The van der Waals surface area contributed by atoms with Gasteiger partial charge in [-0.15, -0.1) is 10.2 Å². The molecule has 0 aliphatic heterocycles. The number of benzene rings is 1. The second-order valence-electron chi connectivity index (χ2n) is 4.20. The van der Waals surface area contributed by atoms with Crippen LogP contribution in [0, 0.1) is 6.92 Å². The largest absolute Gasteiger partial charge is 0.423 e. The lowest BCUT2D eigenvalue weighted by Gasteiger charge is -2.05. The molecule has 0 bridgehead atoms. The number of H-pyrrole nitrogens is 1. The van der Waals surface area contributed by atoms with Crippen molar-refractivity contribution in [1.29, 1.82) is 0 Å². The van der Waals surface area contributed by atoms with Crippen molar-refractivity contribution in [2.24, 2.45) is 0 Å². The van der Waals surface area contributed by atoms with E-state index in [1.807, 2.05) is 37.4 Å². The summed E-state index contributed by atoms with van der Waals surface area (Å²) in [5.74, 6) is 0.525. The summed E-state index contributed by atoms with van der Waals surface area (Å²) in [6.45, 7) is 2.74. The standard InChI is InChI=1S/C13H13N5O/c1-9-11(7-15-17-9)6-14-12-4-2-10(3-5-12)13-18-16-8-19-13/h2-5,7-8,14H,6H2,1H3,(H,15,17). The van der Waals surface area contributed by atoms with Gasteiger partial charge in [-0.1, -0.05) is 0 Å². The Morgan fingerprint density at radius 1 is 1.26 bits per heavy atom. The highest BCUT2D eigenvalue weighted by atomic mass is 16.4.